The van der Waals surface area contributed by atoms with Crippen molar-refractivity contribution in [2.24, 2.45) is 5.92 Å². The van der Waals surface area contributed by atoms with Gasteiger partial charge in [0.05, 0.1) is 6.33 Å². The third-order valence-electron chi connectivity index (χ3n) is 2.26. The molecule has 1 N–H and O–H groups in total. The highest BCUT2D eigenvalue weighted by Crippen LogP contribution is 2.16. The second kappa shape index (κ2) is 3.27. The number of rotatable bonds is 2. The van der Waals surface area contributed by atoms with Gasteiger partial charge in [-0.15, -0.1) is 0 Å². The molecule has 1 aromatic heterocycles. The van der Waals surface area contributed by atoms with Gasteiger partial charge in [-0.25, -0.2) is 4.98 Å². The molecule has 3 nitrogen and oxygen atoms in total. The van der Waals surface area contributed by atoms with Crippen molar-refractivity contribution < 1.29 is 0 Å². The number of aromatic amines is 1. The van der Waals surface area contributed by atoms with E-state index in [1.54, 1.807) is 6.33 Å². The van der Waals surface area contributed by atoms with E-state index in [9.17, 15) is 0 Å². The number of hydrogen-bond donors (Lipinski definition) is 1. The van der Waals surface area contributed by atoms with Crippen molar-refractivity contribution in [1.29, 1.82) is 0 Å². The van der Waals surface area contributed by atoms with Crippen LogP contribution in [0.4, 0.5) is 0 Å². The predicted octanol–water partition coefficient (Wildman–Crippen LogP) is 0.943. The van der Waals surface area contributed by atoms with Gasteiger partial charge in [0.25, 0.3) is 0 Å². The third-order valence-corrected chi connectivity index (χ3v) is 2.26. The van der Waals surface area contributed by atoms with Crippen LogP contribution in [0.5, 0.6) is 0 Å². The number of nitrogens with one attached hydrogen (secondary N) is 1. The van der Waals surface area contributed by atoms with Gasteiger partial charge in [-0.1, -0.05) is 0 Å². The highest BCUT2D eigenvalue weighted by Gasteiger charge is 2.18. The fourth-order valence-electron chi connectivity index (χ4n) is 1.62. The molecule has 2 radical (unpaired) electrons. The Labute approximate surface area is 72.8 Å². The Hall–Kier alpha value is -0.830. The molecule has 1 fully saturated rings. The van der Waals surface area contributed by atoms with Gasteiger partial charge >= 0.3 is 0 Å². The molecule has 0 spiro atoms. The zero-order chi connectivity index (χ0) is 8.39. The molecule has 0 saturated carbocycles. The summed E-state index contributed by atoms with van der Waals surface area (Å²) in [7, 11) is 0. The van der Waals surface area contributed by atoms with Crippen LogP contribution in [0.2, 0.25) is 0 Å². The third kappa shape index (κ3) is 1.67. The highest BCUT2D eigenvalue weighted by atomic mass is 15.2. The van der Waals surface area contributed by atoms with Crippen LogP contribution in [0.25, 0.3) is 0 Å². The predicted molar refractivity (Wildman–Crippen MR) is 46.3 cm³/mol. The minimum atomic E-state index is 0.368. The van der Waals surface area contributed by atoms with Crippen LogP contribution in [0, 0.1) is 12.8 Å². The molecule has 12 heavy (non-hydrogen) atoms. The van der Waals surface area contributed by atoms with E-state index >= 15 is 0 Å². The zero-order valence-electron chi connectivity index (χ0n) is 7.03. The summed E-state index contributed by atoms with van der Waals surface area (Å²) in [5.41, 5.74) is 1.17. The summed E-state index contributed by atoms with van der Waals surface area (Å²) in [5, 5.41) is 0. The quantitative estimate of drug-likeness (QED) is 0.703. The Morgan fingerprint density at radius 1 is 1.75 bits per heavy atom. The lowest BCUT2D eigenvalue weighted by Crippen LogP contribution is -2.19. The fraction of sp³-hybridized carbons (Fsp3) is 0.556. The van der Waals surface area contributed by atoms with Crippen LogP contribution in [-0.2, 0) is 6.54 Å². The fourth-order valence-corrected chi connectivity index (χ4v) is 1.62. The Balaban J connectivity index is 1.88. The molecule has 1 aromatic rings. The van der Waals surface area contributed by atoms with Crippen LogP contribution in [0.15, 0.2) is 12.5 Å². The van der Waals surface area contributed by atoms with Crippen LogP contribution in [-0.4, -0.2) is 28.0 Å². The van der Waals surface area contributed by atoms with Gasteiger partial charge in [0.2, 0.25) is 0 Å². The van der Waals surface area contributed by atoms with E-state index in [1.807, 2.05) is 6.20 Å². The summed E-state index contributed by atoms with van der Waals surface area (Å²) in [5.74, 6) is 0.368. The summed E-state index contributed by atoms with van der Waals surface area (Å²) >= 11 is 0. The molecule has 2 heterocycles. The van der Waals surface area contributed by atoms with Gasteiger partial charge < -0.3 is 4.98 Å². The molecular weight excluding hydrogens is 150 g/mol. The van der Waals surface area contributed by atoms with Gasteiger partial charge in [-0.3, -0.25) is 4.90 Å². The summed E-state index contributed by atoms with van der Waals surface area (Å²) < 4.78 is 0. The van der Waals surface area contributed by atoms with Gasteiger partial charge in [0, 0.05) is 25.0 Å². The Morgan fingerprint density at radius 2 is 2.67 bits per heavy atom. The lowest BCUT2D eigenvalue weighted by Gasteiger charge is -2.12. The Kier molecular flexibility index (Phi) is 2.13. The van der Waals surface area contributed by atoms with E-state index in [2.05, 4.69) is 14.9 Å². The Morgan fingerprint density at radius 3 is 3.25 bits per heavy atom. The summed E-state index contributed by atoms with van der Waals surface area (Å²) in [6.45, 7) is 8.86. The van der Waals surface area contributed by atoms with Crippen LogP contribution < -0.4 is 0 Å². The summed E-state index contributed by atoms with van der Waals surface area (Å²) in [6, 6.07) is 0. The topological polar surface area (TPSA) is 31.9 Å². The van der Waals surface area contributed by atoms with E-state index < -0.39 is 0 Å². The largest absolute Gasteiger partial charge is 0.347 e. The molecular formula is C9H13N3. The van der Waals surface area contributed by atoms with E-state index in [4.69, 9.17) is 6.92 Å². The minimum Gasteiger partial charge on any atom is -0.347 e. The molecule has 0 aliphatic carbocycles. The van der Waals surface area contributed by atoms with E-state index in [0.29, 0.717) is 5.92 Å². The maximum atomic E-state index is 5.79. The monoisotopic (exact) mass is 163 g/mol. The van der Waals surface area contributed by atoms with Gasteiger partial charge in [0.1, 0.15) is 0 Å². The van der Waals surface area contributed by atoms with Crippen molar-refractivity contribution in [2.45, 2.75) is 13.0 Å². The van der Waals surface area contributed by atoms with Crippen molar-refractivity contribution in [1.82, 2.24) is 14.9 Å². The first kappa shape index (κ1) is 7.80. The number of nitrogens with zero attached hydrogens (tertiary/aromatic N) is 2. The van der Waals surface area contributed by atoms with Crippen LogP contribution >= 0.6 is 0 Å². The maximum Gasteiger partial charge on any atom is 0.0922 e. The number of imidazole rings is 1. The van der Waals surface area contributed by atoms with Gasteiger partial charge in [0.15, 0.2) is 0 Å². The zero-order valence-corrected chi connectivity index (χ0v) is 7.03. The molecule has 1 unspecified atom stereocenters. The van der Waals surface area contributed by atoms with Gasteiger partial charge in [-0.05, 0) is 25.8 Å². The molecule has 0 bridgehead atoms. The molecule has 1 aliphatic rings. The van der Waals surface area contributed by atoms with Crippen molar-refractivity contribution >= 4 is 0 Å². The van der Waals surface area contributed by atoms with Crippen molar-refractivity contribution in [3.63, 3.8) is 0 Å². The van der Waals surface area contributed by atoms with E-state index in [-0.39, 0.29) is 0 Å². The Bertz CT molecular complexity index is 230. The number of H-pyrrole nitrogens is 1. The summed E-state index contributed by atoms with van der Waals surface area (Å²) in [4.78, 5) is 9.40. The normalized spacial score (nSPS) is 24.9. The standard InChI is InChI=1S/C9H13N3/c1-8-2-3-12(5-8)6-9-4-10-7-11-9/h1,4,7-8H,2-3,5-6H2,(H,10,11). The SMILES string of the molecule is [CH]C1CCN(Cc2cnc[nH]2)C1. The van der Waals surface area contributed by atoms with Gasteiger partial charge in [-0.2, -0.15) is 0 Å². The first-order valence-electron chi connectivity index (χ1n) is 4.30. The van der Waals surface area contributed by atoms with E-state index in [1.165, 1.54) is 5.69 Å². The maximum absolute atomic E-state index is 5.79. The lowest BCUT2D eigenvalue weighted by atomic mass is 10.2. The first-order valence-corrected chi connectivity index (χ1v) is 4.30. The molecule has 0 amide bonds. The molecule has 3 heteroatoms. The van der Waals surface area contributed by atoms with Crippen molar-refractivity contribution in [2.75, 3.05) is 13.1 Å². The molecule has 0 aromatic carbocycles. The molecule has 64 valence electrons. The van der Waals surface area contributed by atoms with Crippen LogP contribution in [0.3, 0.4) is 0 Å². The second-order valence-electron chi connectivity index (χ2n) is 3.36. The second-order valence-corrected chi connectivity index (χ2v) is 3.36. The van der Waals surface area contributed by atoms with Crippen LogP contribution in [0.1, 0.15) is 12.1 Å². The average Bonchev–Trinajstić information content (AvgIpc) is 2.63. The smallest absolute Gasteiger partial charge is 0.0922 e. The first-order chi connectivity index (χ1) is 5.84. The highest BCUT2D eigenvalue weighted by molar-refractivity contribution is 4.95. The summed E-state index contributed by atoms with van der Waals surface area (Å²) in [6.07, 6.45) is 4.70. The van der Waals surface area contributed by atoms with Crippen molar-refractivity contribution in [3.8, 4) is 0 Å². The average molecular weight is 163 g/mol. The van der Waals surface area contributed by atoms with Crippen molar-refractivity contribution in [3.05, 3.63) is 25.1 Å². The molecule has 1 saturated heterocycles. The van der Waals surface area contributed by atoms with E-state index in [0.717, 1.165) is 26.1 Å². The molecule has 1 atom stereocenters. The molecule has 2 rings (SSSR count). The number of hydrogen-bond acceptors (Lipinski definition) is 2. The number of aromatic nitrogens is 2. The minimum absolute atomic E-state index is 0.368. The lowest BCUT2D eigenvalue weighted by molar-refractivity contribution is 0.320. The number of likely N-dealkylation sites (tertiary alicyclic amines) is 1. The molecule has 1 aliphatic heterocycles.